The molecule has 0 bridgehead atoms. The molecular formula is C15H10Cl3NO. The zero-order valence-corrected chi connectivity index (χ0v) is 12.5. The van der Waals surface area contributed by atoms with Crippen molar-refractivity contribution in [3.8, 4) is 0 Å². The van der Waals surface area contributed by atoms with Crippen LogP contribution in [0.1, 0.15) is 10.4 Å². The van der Waals surface area contributed by atoms with Crippen LogP contribution in [0.4, 0.5) is 5.69 Å². The smallest absolute Gasteiger partial charge is 0.187 e. The Morgan fingerprint density at radius 1 is 0.950 bits per heavy atom. The highest BCUT2D eigenvalue weighted by molar-refractivity contribution is 6.42. The van der Waals surface area contributed by atoms with Crippen molar-refractivity contribution in [2.45, 2.75) is 0 Å². The second-order valence-electron chi connectivity index (χ2n) is 3.98. The summed E-state index contributed by atoms with van der Waals surface area (Å²) in [4.78, 5) is 11.9. The average Bonchev–Trinajstić information content (AvgIpc) is 2.43. The summed E-state index contributed by atoms with van der Waals surface area (Å²) in [6.45, 7) is 0. The molecule has 2 aromatic carbocycles. The molecule has 2 rings (SSSR count). The molecule has 0 aliphatic carbocycles. The van der Waals surface area contributed by atoms with Crippen LogP contribution in [0.5, 0.6) is 0 Å². The molecule has 20 heavy (non-hydrogen) atoms. The molecule has 0 aliphatic heterocycles. The lowest BCUT2D eigenvalue weighted by atomic mass is 10.1. The number of carbonyl (C=O) groups excluding carboxylic acids is 1. The van der Waals surface area contributed by atoms with E-state index < -0.39 is 0 Å². The predicted octanol–water partition coefficient (Wildman–Crippen LogP) is 5.46. The molecule has 0 unspecified atom stereocenters. The van der Waals surface area contributed by atoms with Gasteiger partial charge in [0, 0.05) is 28.5 Å². The van der Waals surface area contributed by atoms with Crippen LogP contribution in [0.15, 0.2) is 54.7 Å². The molecular weight excluding hydrogens is 317 g/mol. The summed E-state index contributed by atoms with van der Waals surface area (Å²) in [6.07, 6.45) is 2.99. The van der Waals surface area contributed by atoms with Gasteiger partial charge in [0.15, 0.2) is 5.78 Å². The lowest BCUT2D eigenvalue weighted by Crippen LogP contribution is -1.96. The zero-order valence-electron chi connectivity index (χ0n) is 10.2. The minimum atomic E-state index is -0.116. The Kier molecular flexibility index (Phi) is 5.07. The van der Waals surface area contributed by atoms with Crippen LogP contribution < -0.4 is 5.32 Å². The molecule has 0 atom stereocenters. The van der Waals surface area contributed by atoms with Gasteiger partial charge in [0.2, 0.25) is 0 Å². The van der Waals surface area contributed by atoms with Gasteiger partial charge in [-0.25, -0.2) is 0 Å². The molecule has 2 nitrogen and oxygen atoms in total. The fourth-order valence-electron chi connectivity index (χ4n) is 1.51. The monoisotopic (exact) mass is 325 g/mol. The molecule has 0 spiro atoms. The first-order chi connectivity index (χ1) is 9.56. The minimum Gasteiger partial charge on any atom is -0.362 e. The summed E-state index contributed by atoms with van der Waals surface area (Å²) in [6, 6.07) is 11.8. The van der Waals surface area contributed by atoms with Crippen LogP contribution in [0.25, 0.3) is 0 Å². The van der Waals surface area contributed by atoms with Crippen LogP contribution in [0.3, 0.4) is 0 Å². The topological polar surface area (TPSA) is 29.1 Å². The molecule has 102 valence electrons. The van der Waals surface area contributed by atoms with Crippen molar-refractivity contribution in [3.05, 3.63) is 75.4 Å². The van der Waals surface area contributed by atoms with Crippen LogP contribution in [0.2, 0.25) is 15.1 Å². The van der Waals surface area contributed by atoms with Crippen molar-refractivity contribution in [1.82, 2.24) is 0 Å². The van der Waals surface area contributed by atoms with Gasteiger partial charge in [-0.15, -0.1) is 0 Å². The normalized spacial score (nSPS) is 10.8. The van der Waals surface area contributed by atoms with Crippen LogP contribution in [-0.2, 0) is 0 Å². The van der Waals surface area contributed by atoms with Crippen LogP contribution in [0, 0.1) is 0 Å². The number of halogens is 3. The maximum Gasteiger partial charge on any atom is 0.187 e. The average molecular weight is 327 g/mol. The number of carbonyl (C=O) groups is 1. The largest absolute Gasteiger partial charge is 0.362 e. The summed E-state index contributed by atoms with van der Waals surface area (Å²) >= 11 is 17.5. The number of rotatable bonds is 4. The predicted molar refractivity (Wildman–Crippen MR) is 85.0 cm³/mol. The quantitative estimate of drug-likeness (QED) is 0.597. The Balaban J connectivity index is 2.00. The maximum atomic E-state index is 11.9. The van der Waals surface area contributed by atoms with E-state index in [1.807, 2.05) is 0 Å². The summed E-state index contributed by atoms with van der Waals surface area (Å²) in [5.74, 6) is -0.116. The third-order valence-corrected chi connectivity index (χ3v) is 3.52. The van der Waals surface area contributed by atoms with Crippen molar-refractivity contribution < 1.29 is 4.79 Å². The van der Waals surface area contributed by atoms with E-state index in [0.717, 1.165) is 5.69 Å². The first kappa shape index (κ1) is 14.9. The van der Waals surface area contributed by atoms with Gasteiger partial charge in [-0.05, 0) is 42.5 Å². The molecule has 2 aromatic rings. The van der Waals surface area contributed by atoms with Crippen molar-refractivity contribution in [3.63, 3.8) is 0 Å². The third kappa shape index (κ3) is 4.01. The number of ketones is 1. The van der Waals surface area contributed by atoms with Crippen LogP contribution in [-0.4, -0.2) is 5.78 Å². The fraction of sp³-hybridized carbons (Fsp3) is 0. The van der Waals surface area contributed by atoms with Gasteiger partial charge in [0.05, 0.1) is 10.0 Å². The zero-order chi connectivity index (χ0) is 14.5. The van der Waals surface area contributed by atoms with E-state index in [4.69, 9.17) is 34.8 Å². The molecule has 1 N–H and O–H groups in total. The SMILES string of the molecule is O=C(C=CNc1ccc(Cl)c(Cl)c1)c1ccc(Cl)cc1. The van der Waals surface area contributed by atoms with Crippen molar-refractivity contribution in [2.75, 3.05) is 5.32 Å². The van der Waals surface area contributed by atoms with Gasteiger partial charge in [-0.2, -0.15) is 0 Å². The van der Waals surface area contributed by atoms with Gasteiger partial charge in [-0.1, -0.05) is 34.8 Å². The van der Waals surface area contributed by atoms with E-state index in [1.54, 1.807) is 48.7 Å². The van der Waals surface area contributed by atoms with E-state index >= 15 is 0 Å². The molecule has 0 heterocycles. The first-order valence-electron chi connectivity index (χ1n) is 5.74. The van der Waals surface area contributed by atoms with Crippen molar-refractivity contribution >= 4 is 46.3 Å². The van der Waals surface area contributed by atoms with Gasteiger partial charge < -0.3 is 5.32 Å². The Hall–Kier alpha value is -1.48. The van der Waals surface area contributed by atoms with E-state index in [9.17, 15) is 4.79 Å². The number of anilines is 1. The van der Waals surface area contributed by atoms with E-state index in [1.165, 1.54) is 6.08 Å². The third-order valence-electron chi connectivity index (χ3n) is 2.53. The molecule has 0 aliphatic rings. The number of hydrogen-bond acceptors (Lipinski definition) is 2. The van der Waals surface area contributed by atoms with Gasteiger partial charge in [0.1, 0.15) is 0 Å². The Morgan fingerprint density at radius 2 is 1.65 bits per heavy atom. The summed E-state index contributed by atoms with van der Waals surface area (Å²) in [5, 5.41) is 4.49. The van der Waals surface area contributed by atoms with Crippen molar-refractivity contribution in [2.24, 2.45) is 0 Å². The second-order valence-corrected chi connectivity index (χ2v) is 5.23. The van der Waals surface area contributed by atoms with Crippen molar-refractivity contribution in [1.29, 1.82) is 0 Å². The van der Waals surface area contributed by atoms with Crippen LogP contribution >= 0.6 is 34.8 Å². The summed E-state index contributed by atoms with van der Waals surface area (Å²) in [7, 11) is 0. The molecule has 0 saturated heterocycles. The highest BCUT2D eigenvalue weighted by Gasteiger charge is 2.01. The van der Waals surface area contributed by atoms with Gasteiger partial charge in [0.25, 0.3) is 0 Å². The number of allylic oxidation sites excluding steroid dienone is 1. The summed E-state index contributed by atoms with van der Waals surface area (Å²) < 4.78 is 0. The Bertz CT molecular complexity index is 651. The molecule has 0 aromatic heterocycles. The fourth-order valence-corrected chi connectivity index (χ4v) is 1.93. The Labute approximate surface area is 132 Å². The lowest BCUT2D eigenvalue weighted by Gasteiger charge is -2.02. The Morgan fingerprint density at radius 3 is 2.30 bits per heavy atom. The second kappa shape index (κ2) is 6.80. The molecule has 0 amide bonds. The number of hydrogen-bond donors (Lipinski definition) is 1. The molecule has 5 heteroatoms. The molecule has 0 fully saturated rings. The molecule has 0 radical (unpaired) electrons. The summed E-state index contributed by atoms with van der Waals surface area (Å²) in [5.41, 5.74) is 1.32. The van der Waals surface area contributed by atoms with Gasteiger partial charge >= 0.3 is 0 Å². The maximum absolute atomic E-state index is 11.9. The highest BCUT2D eigenvalue weighted by Crippen LogP contribution is 2.24. The number of benzene rings is 2. The van der Waals surface area contributed by atoms with E-state index in [0.29, 0.717) is 20.6 Å². The highest BCUT2D eigenvalue weighted by atomic mass is 35.5. The van der Waals surface area contributed by atoms with Gasteiger partial charge in [-0.3, -0.25) is 4.79 Å². The van der Waals surface area contributed by atoms with E-state index in [2.05, 4.69) is 5.32 Å². The molecule has 0 saturated carbocycles. The first-order valence-corrected chi connectivity index (χ1v) is 6.88. The lowest BCUT2D eigenvalue weighted by molar-refractivity contribution is 0.104. The standard InChI is InChI=1S/C15H10Cl3NO/c16-11-3-1-10(2-4-11)15(20)7-8-19-12-5-6-13(17)14(18)9-12/h1-9,19H. The number of nitrogens with one attached hydrogen (secondary N) is 1. The van der Waals surface area contributed by atoms with E-state index in [-0.39, 0.29) is 5.78 Å². The minimum absolute atomic E-state index is 0.116.